The van der Waals surface area contributed by atoms with Crippen molar-refractivity contribution in [2.75, 3.05) is 26.2 Å². The highest BCUT2D eigenvalue weighted by atomic mass is 127. The molecule has 4 nitrogen and oxygen atoms in total. The van der Waals surface area contributed by atoms with Crippen LogP contribution in [-0.2, 0) is 0 Å². The Hall–Kier alpha value is -0.820. The number of carboxylic acid groups (broad SMARTS) is 1. The van der Waals surface area contributed by atoms with Crippen LogP contribution in [0.15, 0.2) is 18.2 Å². The van der Waals surface area contributed by atoms with Crippen LogP contribution in [0.3, 0.4) is 0 Å². The highest BCUT2D eigenvalue weighted by molar-refractivity contribution is 14.1. The molecule has 1 aromatic carbocycles. The molecule has 1 N–H and O–H groups in total. The van der Waals surface area contributed by atoms with E-state index in [9.17, 15) is 4.79 Å². The molecular weight excluding hydrogens is 357 g/mol. The predicted molar refractivity (Wildman–Crippen MR) is 81.9 cm³/mol. The van der Waals surface area contributed by atoms with Crippen LogP contribution in [0.5, 0.6) is 5.75 Å². The van der Waals surface area contributed by atoms with E-state index in [0.717, 1.165) is 16.5 Å². The van der Waals surface area contributed by atoms with Gasteiger partial charge in [0.25, 0.3) is 0 Å². The van der Waals surface area contributed by atoms with Gasteiger partial charge in [-0.2, -0.15) is 0 Å². The SMILES string of the molecule is O=C(O)c1cc(I)ccc1OCCCN1CCCC1. The summed E-state index contributed by atoms with van der Waals surface area (Å²) in [5, 5.41) is 9.13. The van der Waals surface area contributed by atoms with Crippen LogP contribution in [0.2, 0.25) is 0 Å². The monoisotopic (exact) mass is 375 g/mol. The van der Waals surface area contributed by atoms with Gasteiger partial charge < -0.3 is 14.7 Å². The quantitative estimate of drug-likeness (QED) is 0.614. The highest BCUT2D eigenvalue weighted by Gasteiger charge is 2.13. The van der Waals surface area contributed by atoms with Gasteiger partial charge in [0, 0.05) is 10.1 Å². The molecule has 104 valence electrons. The highest BCUT2D eigenvalue weighted by Crippen LogP contribution is 2.21. The van der Waals surface area contributed by atoms with Crippen molar-refractivity contribution in [1.82, 2.24) is 4.90 Å². The summed E-state index contributed by atoms with van der Waals surface area (Å²) in [5.41, 5.74) is 0.244. The van der Waals surface area contributed by atoms with Gasteiger partial charge in [0.15, 0.2) is 0 Å². The fourth-order valence-electron chi connectivity index (χ4n) is 2.27. The summed E-state index contributed by atoms with van der Waals surface area (Å²) in [6.45, 7) is 3.97. The van der Waals surface area contributed by atoms with Crippen LogP contribution in [0.4, 0.5) is 0 Å². The van der Waals surface area contributed by atoms with Gasteiger partial charge in [-0.25, -0.2) is 4.79 Å². The van der Waals surface area contributed by atoms with E-state index in [0.29, 0.717) is 12.4 Å². The van der Waals surface area contributed by atoms with E-state index in [1.165, 1.54) is 25.9 Å². The topological polar surface area (TPSA) is 49.8 Å². The van der Waals surface area contributed by atoms with Crippen molar-refractivity contribution in [1.29, 1.82) is 0 Å². The molecule has 1 aliphatic rings. The summed E-state index contributed by atoms with van der Waals surface area (Å²) in [6.07, 6.45) is 3.52. The summed E-state index contributed by atoms with van der Waals surface area (Å²) >= 11 is 2.10. The van der Waals surface area contributed by atoms with Crippen molar-refractivity contribution in [2.24, 2.45) is 0 Å². The van der Waals surface area contributed by atoms with Crippen molar-refractivity contribution in [3.05, 3.63) is 27.3 Å². The normalized spacial score (nSPS) is 15.6. The maximum atomic E-state index is 11.1. The molecule has 0 atom stereocenters. The van der Waals surface area contributed by atoms with Gasteiger partial charge in [-0.05, 0) is 73.1 Å². The van der Waals surface area contributed by atoms with Crippen LogP contribution in [0, 0.1) is 3.57 Å². The van der Waals surface area contributed by atoms with Crippen LogP contribution < -0.4 is 4.74 Å². The summed E-state index contributed by atoms with van der Waals surface area (Å²) in [5.74, 6) is -0.470. The molecule has 0 unspecified atom stereocenters. The van der Waals surface area contributed by atoms with Crippen molar-refractivity contribution >= 4 is 28.6 Å². The van der Waals surface area contributed by atoms with Gasteiger partial charge >= 0.3 is 5.97 Å². The van der Waals surface area contributed by atoms with Crippen molar-refractivity contribution in [2.45, 2.75) is 19.3 Å². The van der Waals surface area contributed by atoms with Crippen LogP contribution >= 0.6 is 22.6 Å². The van der Waals surface area contributed by atoms with E-state index in [4.69, 9.17) is 9.84 Å². The first-order valence-corrected chi connectivity index (χ1v) is 7.62. The lowest BCUT2D eigenvalue weighted by Crippen LogP contribution is -2.22. The second-order valence-electron chi connectivity index (χ2n) is 4.70. The Kier molecular flexibility index (Phi) is 5.45. The van der Waals surface area contributed by atoms with Crippen LogP contribution in [0.1, 0.15) is 29.6 Å². The molecule has 19 heavy (non-hydrogen) atoms. The Morgan fingerprint density at radius 3 is 2.79 bits per heavy atom. The molecule has 1 aromatic rings. The van der Waals surface area contributed by atoms with Crippen LogP contribution in [-0.4, -0.2) is 42.2 Å². The number of hydrogen-bond acceptors (Lipinski definition) is 3. The van der Waals surface area contributed by atoms with Gasteiger partial charge in [0.2, 0.25) is 0 Å². The maximum Gasteiger partial charge on any atom is 0.339 e. The fraction of sp³-hybridized carbons (Fsp3) is 0.500. The molecule has 1 heterocycles. The number of halogens is 1. The van der Waals surface area contributed by atoms with E-state index >= 15 is 0 Å². The molecule has 5 heteroatoms. The third-order valence-electron chi connectivity index (χ3n) is 3.25. The number of benzene rings is 1. The minimum Gasteiger partial charge on any atom is -0.493 e. The van der Waals surface area contributed by atoms with E-state index < -0.39 is 5.97 Å². The van der Waals surface area contributed by atoms with E-state index in [1.54, 1.807) is 12.1 Å². The standard InChI is InChI=1S/C14H18INO3/c15-11-4-5-13(12(10-11)14(17)18)19-9-3-8-16-6-1-2-7-16/h4-5,10H,1-3,6-9H2,(H,17,18). The number of nitrogens with zero attached hydrogens (tertiary/aromatic N) is 1. The number of hydrogen-bond donors (Lipinski definition) is 1. The number of likely N-dealkylation sites (tertiary alicyclic amines) is 1. The molecular formula is C14H18INO3. The van der Waals surface area contributed by atoms with Crippen molar-refractivity contribution < 1.29 is 14.6 Å². The molecule has 0 aliphatic carbocycles. The molecule has 0 radical (unpaired) electrons. The fourth-order valence-corrected chi connectivity index (χ4v) is 2.76. The molecule has 0 amide bonds. The summed E-state index contributed by atoms with van der Waals surface area (Å²) in [7, 11) is 0. The van der Waals surface area contributed by atoms with Crippen molar-refractivity contribution in [3.8, 4) is 5.75 Å². The van der Waals surface area contributed by atoms with Gasteiger partial charge in [-0.1, -0.05) is 0 Å². The zero-order valence-corrected chi connectivity index (χ0v) is 12.9. The Labute approximate surface area is 126 Å². The minimum absolute atomic E-state index is 0.244. The molecule has 0 spiro atoms. The van der Waals surface area contributed by atoms with Gasteiger partial charge in [-0.15, -0.1) is 0 Å². The van der Waals surface area contributed by atoms with Crippen LogP contribution in [0.25, 0.3) is 0 Å². The smallest absolute Gasteiger partial charge is 0.339 e. The summed E-state index contributed by atoms with van der Waals surface area (Å²) < 4.78 is 6.50. The zero-order valence-electron chi connectivity index (χ0n) is 10.8. The van der Waals surface area contributed by atoms with E-state index in [-0.39, 0.29) is 5.56 Å². The first kappa shape index (κ1) is 14.6. The van der Waals surface area contributed by atoms with Gasteiger partial charge in [0.05, 0.1) is 6.61 Å². The molecule has 2 rings (SSSR count). The molecule has 0 aromatic heterocycles. The van der Waals surface area contributed by atoms with Gasteiger partial charge in [-0.3, -0.25) is 0 Å². The minimum atomic E-state index is -0.937. The lowest BCUT2D eigenvalue weighted by atomic mass is 10.2. The summed E-state index contributed by atoms with van der Waals surface area (Å²) in [6, 6.07) is 5.24. The first-order chi connectivity index (χ1) is 9.16. The largest absolute Gasteiger partial charge is 0.493 e. The average molecular weight is 375 g/mol. The molecule has 1 saturated heterocycles. The lowest BCUT2D eigenvalue weighted by molar-refractivity contribution is 0.0692. The Morgan fingerprint density at radius 2 is 2.11 bits per heavy atom. The Bertz CT molecular complexity index is 444. The number of rotatable bonds is 6. The second-order valence-corrected chi connectivity index (χ2v) is 5.94. The zero-order chi connectivity index (χ0) is 13.7. The average Bonchev–Trinajstić information content (AvgIpc) is 2.89. The molecule has 0 bridgehead atoms. The maximum absolute atomic E-state index is 11.1. The third kappa shape index (κ3) is 4.35. The van der Waals surface area contributed by atoms with E-state index in [2.05, 4.69) is 27.5 Å². The number of ether oxygens (including phenoxy) is 1. The molecule has 1 aliphatic heterocycles. The Balaban J connectivity index is 1.83. The second kappa shape index (κ2) is 7.09. The van der Waals surface area contributed by atoms with E-state index in [1.807, 2.05) is 6.07 Å². The predicted octanol–water partition coefficient (Wildman–Crippen LogP) is 2.85. The van der Waals surface area contributed by atoms with Gasteiger partial charge in [0.1, 0.15) is 11.3 Å². The summed E-state index contributed by atoms with van der Waals surface area (Å²) in [4.78, 5) is 13.6. The molecule has 0 saturated carbocycles. The third-order valence-corrected chi connectivity index (χ3v) is 3.92. The number of aromatic carboxylic acids is 1. The first-order valence-electron chi connectivity index (χ1n) is 6.55. The Morgan fingerprint density at radius 1 is 1.37 bits per heavy atom. The van der Waals surface area contributed by atoms with Crippen molar-refractivity contribution in [3.63, 3.8) is 0 Å². The number of carbonyl (C=O) groups is 1. The lowest BCUT2D eigenvalue weighted by Gasteiger charge is -2.15. The molecule has 1 fully saturated rings. The number of carboxylic acids is 1.